The van der Waals surface area contributed by atoms with Crippen molar-refractivity contribution in [1.29, 1.82) is 0 Å². The van der Waals surface area contributed by atoms with E-state index in [1.165, 1.54) is 12.7 Å². The quantitative estimate of drug-likeness (QED) is 0.669. The molecular weight excluding hydrogens is 238 g/mol. The molecule has 3 heteroatoms. The van der Waals surface area contributed by atoms with Crippen LogP contribution in [0.4, 0.5) is 0 Å². The molecule has 1 aromatic carbocycles. The SMILES string of the molecule is CCCNC1(C(=O)OC)CCCCc2ccccc21. The highest BCUT2D eigenvalue weighted by atomic mass is 16.5. The van der Waals surface area contributed by atoms with Crippen molar-refractivity contribution in [2.75, 3.05) is 13.7 Å². The smallest absolute Gasteiger partial charge is 0.330 e. The van der Waals surface area contributed by atoms with E-state index in [-0.39, 0.29) is 5.97 Å². The third-order valence-electron chi connectivity index (χ3n) is 3.94. The van der Waals surface area contributed by atoms with Crippen LogP contribution in [0, 0.1) is 0 Å². The average molecular weight is 261 g/mol. The van der Waals surface area contributed by atoms with Gasteiger partial charge in [-0.1, -0.05) is 37.6 Å². The van der Waals surface area contributed by atoms with Crippen LogP contribution in [0.1, 0.15) is 43.7 Å². The van der Waals surface area contributed by atoms with Crippen LogP contribution in [0.15, 0.2) is 24.3 Å². The minimum absolute atomic E-state index is 0.157. The van der Waals surface area contributed by atoms with Gasteiger partial charge in [0.15, 0.2) is 0 Å². The van der Waals surface area contributed by atoms with E-state index >= 15 is 0 Å². The highest BCUT2D eigenvalue weighted by Crippen LogP contribution is 2.35. The van der Waals surface area contributed by atoms with Crippen LogP contribution in [0.5, 0.6) is 0 Å². The highest BCUT2D eigenvalue weighted by Gasteiger charge is 2.42. The minimum Gasteiger partial charge on any atom is -0.467 e. The molecule has 3 nitrogen and oxygen atoms in total. The van der Waals surface area contributed by atoms with E-state index in [2.05, 4.69) is 24.4 Å². The number of aryl methyl sites for hydroxylation is 1. The van der Waals surface area contributed by atoms with Crippen molar-refractivity contribution < 1.29 is 9.53 Å². The number of nitrogens with one attached hydrogen (secondary N) is 1. The van der Waals surface area contributed by atoms with E-state index in [4.69, 9.17) is 4.74 Å². The molecule has 1 aliphatic rings. The number of carbonyl (C=O) groups excluding carboxylic acids is 1. The highest BCUT2D eigenvalue weighted by molar-refractivity contribution is 5.83. The van der Waals surface area contributed by atoms with E-state index in [0.717, 1.165) is 44.2 Å². The molecule has 0 aliphatic heterocycles. The fourth-order valence-electron chi connectivity index (χ4n) is 2.98. The molecule has 1 aromatic rings. The molecule has 2 rings (SSSR count). The number of methoxy groups -OCH3 is 1. The summed E-state index contributed by atoms with van der Waals surface area (Å²) < 4.78 is 5.10. The van der Waals surface area contributed by atoms with Gasteiger partial charge in [-0.25, -0.2) is 4.79 Å². The van der Waals surface area contributed by atoms with Crippen LogP contribution in [-0.4, -0.2) is 19.6 Å². The Balaban J connectivity index is 2.48. The minimum atomic E-state index is -0.655. The summed E-state index contributed by atoms with van der Waals surface area (Å²) in [6.45, 7) is 2.93. The Morgan fingerprint density at radius 3 is 2.89 bits per heavy atom. The monoisotopic (exact) mass is 261 g/mol. The molecule has 0 spiro atoms. The molecule has 19 heavy (non-hydrogen) atoms. The molecule has 0 radical (unpaired) electrons. The van der Waals surface area contributed by atoms with Gasteiger partial charge >= 0.3 is 5.97 Å². The maximum absolute atomic E-state index is 12.4. The third-order valence-corrected chi connectivity index (χ3v) is 3.94. The van der Waals surface area contributed by atoms with Gasteiger partial charge in [0.2, 0.25) is 0 Å². The lowest BCUT2D eigenvalue weighted by molar-refractivity contribution is -0.149. The molecule has 0 saturated carbocycles. The first-order valence-electron chi connectivity index (χ1n) is 7.16. The predicted molar refractivity (Wildman–Crippen MR) is 76.0 cm³/mol. The lowest BCUT2D eigenvalue weighted by Gasteiger charge is -2.33. The second kappa shape index (κ2) is 6.20. The number of ether oxygens (including phenoxy) is 1. The molecule has 0 bridgehead atoms. The van der Waals surface area contributed by atoms with Crippen molar-refractivity contribution in [3.8, 4) is 0 Å². The van der Waals surface area contributed by atoms with E-state index in [9.17, 15) is 4.79 Å². The van der Waals surface area contributed by atoms with Crippen molar-refractivity contribution in [2.24, 2.45) is 0 Å². The van der Waals surface area contributed by atoms with Gasteiger partial charge in [0.1, 0.15) is 5.54 Å². The van der Waals surface area contributed by atoms with Crippen molar-refractivity contribution in [1.82, 2.24) is 5.32 Å². The molecule has 1 aliphatic carbocycles. The standard InChI is InChI=1S/C16H23NO2/c1-3-12-17-16(15(18)19-2)11-7-6-9-13-8-4-5-10-14(13)16/h4-5,8,10,17H,3,6-7,9,11-12H2,1-2H3. The maximum atomic E-state index is 12.4. The van der Waals surface area contributed by atoms with Crippen LogP contribution in [0.2, 0.25) is 0 Å². The molecule has 0 fully saturated rings. The zero-order valence-corrected chi connectivity index (χ0v) is 11.9. The van der Waals surface area contributed by atoms with Gasteiger partial charge in [-0.15, -0.1) is 0 Å². The fraction of sp³-hybridized carbons (Fsp3) is 0.562. The number of hydrogen-bond acceptors (Lipinski definition) is 3. The number of hydrogen-bond donors (Lipinski definition) is 1. The number of carbonyl (C=O) groups is 1. The summed E-state index contributed by atoms with van der Waals surface area (Å²) in [5.74, 6) is -0.157. The van der Waals surface area contributed by atoms with Gasteiger partial charge in [-0.3, -0.25) is 5.32 Å². The normalized spacial score (nSPS) is 22.4. The van der Waals surface area contributed by atoms with Gasteiger partial charge in [-0.2, -0.15) is 0 Å². The Hall–Kier alpha value is -1.35. The molecule has 0 heterocycles. The number of esters is 1. The fourth-order valence-corrected chi connectivity index (χ4v) is 2.98. The van der Waals surface area contributed by atoms with Crippen LogP contribution in [-0.2, 0) is 21.5 Å². The van der Waals surface area contributed by atoms with E-state index < -0.39 is 5.54 Å². The largest absolute Gasteiger partial charge is 0.467 e. The Morgan fingerprint density at radius 2 is 2.16 bits per heavy atom. The average Bonchev–Trinajstić information content (AvgIpc) is 2.65. The summed E-state index contributed by atoms with van der Waals surface area (Å²) in [6.07, 6.45) is 5.03. The van der Waals surface area contributed by atoms with Crippen LogP contribution >= 0.6 is 0 Å². The first-order valence-corrected chi connectivity index (χ1v) is 7.16. The van der Waals surface area contributed by atoms with Crippen molar-refractivity contribution in [3.05, 3.63) is 35.4 Å². The second-order valence-electron chi connectivity index (χ2n) is 5.19. The third kappa shape index (κ3) is 2.66. The van der Waals surface area contributed by atoms with Gasteiger partial charge in [0, 0.05) is 0 Å². The molecule has 104 valence electrons. The summed E-state index contributed by atoms with van der Waals surface area (Å²) in [4.78, 5) is 12.4. The Labute approximate surface area is 115 Å². The molecule has 1 N–H and O–H groups in total. The molecule has 0 aromatic heterocycles. The predicted octanol–water partition coefficient (Wildman–Crippen LogP) is 2.78. The summed E-state index contributed by atoms with van der Waals surface area (Å²) >= 11 is 0. The zero-order chi connectivity index (χ0) is 13.7. The molecular formula is C16H23NO2. The number of fused-ring (bicyclic) bond motifs is 1. The Morgan fingerprint density at radius 1 is 1.37 bits per heavy atom. The van der Waals surface area contributed by atoms with Gasteiger partial charge in [-0.05, 0) is 43.4 Å². The number of rotatable bonds is 4. The molecule has 0 amide bonds. The molecule has 1 unspecified atom stereocenters. The second-order valence-corrected chi connectivity index (χ2v) is 5.19. The van der Waals surface area contributed by atoms with Gasteiger partial charge in [0.25, 0.3) is 0 Å². The Kier molecular flexibility index (Phi) is 4.59. The topological polar surface area (TPSA) is 38.3 Å². The Bertz CT molecular complexity index is 444. The van der Waals surface area contributed by atoms with Crippen molar-refractivity contribution in [3.63, 3.8) is 0 Å². The first kappa shape index (κ1) is 14.1. The zero-order valence-electron chi connectivity index (χ0n) is 11.9. The van der Waals surface area contributed by atoms with Crippen LogP contribution in [0.3, 0.4) is 0 Å². The summed E-state index contributed by atoms with van der Waals surface area (Å²) in [5, 5.41) is 3.46. The molecule has 0 saturated heterocycles. The van der Waals surface area contributed by atoms with Crippen LogP contribution < -0.4 is 5.32 Å². The van der Waals surface area contributed by atoms with Gasteiger partial charge in [0.05, 0.1) is 7.11 Å². The number of benzene rings is 1. The lowest BCUT2D eigenvalue weighted by atomic mass is 9.84. The van der Waals surface area contributed by atoms with Crippen molar-refractivity contribution >= 4 is 5.97 Å². The summed E-state index contributed by atoms with van der Waals surface area (Å²) in [7, 11) is 1.48. The van der Waals surface area contributed by atoms with E-state index in [1.54, 1.807) is 0 Å². The summed E-state index contributed by atoms with van der Waals surface area (Å²) in [5.41, 5.74) is 1.72. The van der Waals surface area contributed by atoms with E-state index in [0.29, 0.717) is 0 Å². The van der Waals surface area contributed by atoms with Crippen LogP contribution in [0.25, 0.3) is 0 Å². The molecule has 1 atom stereocenters. The van der Waals surface area contributed by atoms with E-state index in [1.807, 2.05) is 12.1 Å². The first-order chi connectivity index (χ1) is 9.24. The summed E-state index contributed by atoms with van der Waals surface area (Å²) in [6, 6.07) is 8.26. The maximum Gasteiger partial charge on any atom is 0.330 e. The lowest BCUT2D eigenvalue weighted by Crippen LogP contribution is -2.50. The van der Waals surface area contributed by atoms with Crippen molar-refractivity contribution in [2.45, 2.75) is 44.6 Å². The van der Waals surface area contributed by atoms with Gasteiger partial charge < -0.3 is 4.74 Å².